The van der Waals surface area contributed by atoms with Gasteiger partial charge in [0.1, 0.15) is 17.6 Å². The van der Waals surface area contributed by atoms with Crippen LogP contribution in [0.5, 0.6) is 11.5 Å². The number of anilines is 1. The number of benzene rings is 1. The predicted octanol–water partition coefficient (Wildman–Crippen LogP) is 4.17. The van der Waals surface area contributed by atoms with Crippen LogP contribution in [0.15, 0.2) is 12.1 Å². The molecule has 1 aromatic carbocycles. The van der Waals surface area contributed by atoms with E-state index in [2.05, 4.69) is 12.2 Å². The van der Waals surface area contributed by atoms with Crippen molar-refractivity contribution in [3.05, 3.63) is 17.7 Å². The van der Waals surface area contributed by atoms with Crippen molar-refractivity contribution in [1.29, 1.82) is 0 Å². The molecule has 0 spiro atoms. The van der Waals surface area contributed by atoms with Crippen molar-refractivity contribution in [2.45, 2.75) is 58.5 Å². The molecule has 2 bridgehead atoms. The quantitative estimate of drug-likeness (QED) is 0.882. The van der Waals surface area contributed by atoms with E-state index >= 15 is 0 Å². The molecule has 1 N–H and O–H groups in total. The maximum Gasteiger partial charge on any atom is 0.224 e. The number of nitrogens with one attached hydrogen (secondary N) is 1. The van der Waals surface area contributed by atoms with Crippen molar-refractivity contribution in [2.24, 2.45) is 17.8 Å². The highest BCUT2D eigenvalue weighted by Crippen LogP contribution is 2.49. The summed E-state index contributed by atoms with van der Waals surface area (Å²) in [5.74, 6) is 3.97. The van der Waals surface area contributed by atoms with E-state index in [1.54, 1.807) is 0 Å². The van der Waals surface area contributed by atoms with Crippen molar-refractivity contribution in [3.63, 3.8) is 0 Å². The first-order chi connectivity index (χ1) is 11.6. The lowest BCUT2D eigenvalue weighted by atomic mass is 9.86. The Bertz CT molecular complexity index is 642. The highest BCUT2D eigenvalue weighted by molar-refractivity contribution is 5.93. The Morgan fingerprint density at radius 2 is 2.21 bits per heavy atom. The van der Waals surface area contributed by atoms with Gasteiger partial charge in [0.25, 0.3) is 0 Å². The Hall–Kier alpha value is -1.71. The zero-order valence-corrected chi connectivity index (χ0v) is 14.6. The molecule has 130 valence electrons. The fourth-order valence-electron chi connectivity index (χ4n) is 4.88. The highest BCUT2D eigenvalue weighted by atomic mass is 16.5. The second kappa shape index (κ2) is 6.30. The molecular weight excluding hydrogens is 302 g/mol. The van der Waals surface area contributed by atoms with Gasteiger partial charge in [0, 0.05) is 24.5 Å². The smallest absolute Gasteiger partial charge is 0.224 e. The summed E-state index contributed by atoms with van der Waals surface area (Å²) >= 11 is 0. The molecular formula is C20H27NO3. The lowest BCUT2D eigenvalue weighted by Gasteiger charge is -2.21. The van der Waals surface area contributed by atoms with Gasteiger partial charge in [-0.25, -0.2) is 0 Å². The van der Waals surface area contributed by atoms with Crippen LogP contribution in [0.25, 0.3) is 0 Å². The summed E-state index contributed by atoms with van der Waals surface area (Å²) in [6, 6.07) is 3.96. The number of amides is 1. The van der Waals surface area contributed by atoms with Crippen LogP contribution < -0.4 is 14.8 Å². The van der Waals surface area contributed by atoms with Gasteiger partial charge in [-0.1, -0.05) is 6.42 Å². The second-order valence-corrected chi connectivity index (χ2v) is 7.71. The van der Waals surface area contributed by atoms with Crippen molar-refractivity contribution in [1.82, 2.24) is 0 Å². The molecule has 1 aromatic rings. The van der Waals surface area contributed by atoms with Gasteiger partial charge in [-0.2, -0.15) is 0 Å². The Morgan fingerprint density at radius 3 is 2.92 bits per heavy atom. The van der Waals surface area contributed by atoms with Crippen LogP contribution in [0.4, 0.5) is 5.69 Å². The number of fused-ring (bicyclic) bond motifs is 3. The van der Waals surface area contributed by atoms with Gasteiger partial charge in [0.15, 0.2) is 0 Å². The Kier molecular flexibility index (Phi) is 4.15. The van der Waals surface area contributed by atoms with Crippen molar-refractivity contribution in [3.8, 4) is 11.5 Å². The average molecular weight is 329 g/mol. The third kappa shape index (κ3) is 2.99. The van der Waals surface area contributed by atoms with E-state index in [1.165, 1.54) is 25.7 Å². The number of carbonyl (C=O) groups is 1. The number of hydrogen-bond donors (Lipinski definition) is 1. The molecule has 24 heavy (non-hydrogen) atoms. The predicted molar refractivity (Wildman–Crippen MR) is 93.6 cm³/mol. The summed E-state index contributed by atoms with van der Waals surface area (Å²) in [6.45, 7) is 4.62. The molecule has 4 rings (SSSR count). The summed E-state index contributed by atoms with van der Waals surface area (Å²) in [4.78, 5) is 12.6. The van der Waals surface area contributed by atoms with Crippen LogP contribution in [0.2, 0.25) is 0 Å². The largest absolute Gasteiger partial charge is 0.492 e. The second-order valence-electron chi connectivity index (χ2n) is 7.71. The average Bonchev–Trinajstić information content (AvgIpc) is 3.22. The molecule has 0 aromatic heterocycles. The number of rotatable bonds is 5. The monoisotopic (exact) mass is 329 g/mol. The van der Waals surface area contributed by atoms with Crippen molar-refractivity contribution >= 4 is 11.6 Å². The minimum Gasteiger partial charge on any atom is -0.492 e. The molecule has 1 heterocycles. The molecule has 0 saturated heterocycles. The highest BCUT2D eigenvalue weighted by Gasteiger charge is 2.40. The van der Waals surface area contributed by atoms with E-state index in [1.807, 2.05) is 19.1 Å². The summed E-state index contributed by atoms with van der Waals surface area (Å²) in [6.07, 6.45) is 6.99. The molecule has 0 radical (unpaired) electrons. The molecule has 4 unspecified atom stereocenters. The lowest BCUT2D eigenvalue weighted by Crippen LogP contribution is -2.20. The van der Waals surface area contributed by atoms with Gasteiger partial charge >= 0.3 is 0 Å². The van der Waals surface area contributed by atoms with E-state index < -0.39 is 0 Å². The Labute approximate surface area is 143 Å². The van der Waals surface area contributed by atoms with Gasteiger partial charge in [0.05, 0.1) is 12.3 Å². The molecule has 2 fully saturated rings. The zero-order valence-electron chi connectivity index (χ0n) is 14.6. The van der Waals surface area contributed by atoms with Gasteiger partial charge in [0.2, 0.25) is 5.91 Å². The first-order valence-electron chi connectivity index (χ1n) is 9.38. The van der Waals surface area contributed by atoms with E-state index in [0.717, 1.165) is 41.0 Å². The first kappa shape index (κ1) is 15.8. The number of hydrogen-bond acceptors (Lipinski definition) is 3. The van der Waals surface area contributed by atoms with Crippen LogP contribution in [0.1, 0.15) is 51.5 Å². The first-order valence-corrected chi connectivity index (χ1v) is 9.38. The summed E-state index contributed by atoms with van der Waals surface area (Å²) < 4.78 is 11.6. The molecule has 1 amide bonds. The summed E-state index contributed by atoms with van der Waals surface area (Å²) in [5.41, 5.74) is 1.91. The van der Waals surface area contributed by atoms with Crippen molar-refractivity contribution in [2.75, 3.05) is 11.9 Å². The number of carbonyl (C=O) groups excluding carboxylic acids is 1. The fraction of sp³-hybridized carbons (Fsp3) is 0.650. The minimum absolute atomic E-state index is 0.111. The molecule has 4 atom stereocenters. The maximum atomic E-state index is 12.6. The van der Waals surface area contributed by atoms with Gasteiger partial charge in [-0.05, 0) is 56.9 Å². The summed E-state index contributed by atoms with van der Waals surface area (Å²) in [7, 11) is 0. The normalized spacial score (nSPS) is 30.1. The topological polar surface area (TPSA) is 47.6 Å². The zero-order chi connectivity index (χ0) is 16.7. The van der Waals surface area contributed by atoms with E-state index in [4.69, 9.17) is 9.47 Å². The standard InChI is InChI=1S/C20H27NO3/c1-3-23-19-9-16-6-12(2)24-18(16)11-17(19)21-20(22)10-15-8-13-4-5-14(15)7-13/h9,11-15H,3-8,10H2,1-2H3,(H,21,22). The van der Waals surface area contributed by atoms with Gasteiger partial charge in [-0.15, -0.1) is 0 Å². The minimum atomic E-state index is 0.111. The van der Waals surface area contributed by atoms with Crippen LogP contribution >= 0.6 is 0 Å². The SMILES string of the molecule is CCOc1cc2c(cc1NC(=O)CC1CC3CCC1C3)OC(C)C2. The molecule has 3 aliphatic rings. The van der Waals surface area contributed by atoms with Crippen LogP contribution in [-0.2, 0) is 11.2 Å². The van der Waals surface area contributed by atoms with Crippen LogP contribution in [0.3, 0.4) is 0 Å². The van der Waals surface area contributed by atoms with Crippen LogP contribution in [0, 0.1) is 17.8 Å². The van der Waals surface area contributed by atoms with Crippen LogP contribution in [-0.4, -0.2) is 18.6 Å². The molecule has 2 saturated carbocycles. The van der Waals surface area contributed by atoms with Gasteiger partial charge < -0.3 is 14.8 Å². The third-order valence-electron chi connectivity index (χ3n) is 5.90. The van der Waals surface area contributed by atoms with E-state index in [0.29, 0.717) is 18.9 Å². The third-order valence-corrected chi connectivity index (χ3v) is 5.90. The molecule has 2 aliphatic carbocycles. The van der Waals surface area contributed by atoms with E-state index in [-0.39, 0.29) is 12.0 Å². The molecule has 4 heteroatoms. The maximum absolute atomic E-state index is 12.6. The van der Waals surface area contributed by atoms with Crippen molar-refractivity contribution < 1.29 is 14.3 Å². The number of ether oxygens (including phenoxy) is 2. The Morgan fingerprint density at radius 1 is 1.33 bits per heavy atom. The molecule has 4 nitrogen and oxygen atoms in total. The Balaban J connectivity index is 1.47. The summed E-state index contributed by atoms with van der Waals surface area (Å²) in [5, 5.41) is 3.08. The van der Waals surface area contributed by atoms with Gasteiger partial charge in [-0.3, -0.25) is 4.79 Å². The van der Waals surface area contributed by atoms with E-state index in [9.17, 15) is 4.79 Å². The lowest BCUT2D eigenvalue weighted by molar-refractivity contribution is -0.117. The molecule has 1 aliphatic heterocycles. The fourth-order valence-corrected chi connectivity index (χ4v) is 4.88.